The molecule has 0 saturated carbocycles. The maximum absolute atomic E-state index is 12.4. The van der Waals surface area contributed by atoms with Crippen LogP contribution in [0.4, 0.5) is 0 Å². The number of hydrogen-bond donors (Lipinski definition) is 1. The molecule has 2 fully saturated rings. The number of aliphatic hydroxyl groups excluding tert-OH is 1. The number of ether oxygens (including phenoxy) is 1. The second-order valence-electron chi connectivity index (χ2n) is 6.78. The van der Waals surface area contributed by atoms with Gasteiger partial charge in [-0.15, -0.1) is 0 Å². The van der Waals surface area contributed by atoms with E-state index in [9.17, 15) is 9.90 Å². The lowest BCUT2D eigenvalue weighted by Gasteiger charge is -2.42. The fourth-order valence-electron chi connectivity index (χ4n) is 3.34. The van der Waals surface area contributed by atoms with Crippen LogP contribution < -0.4 is 0 Å². The van der Waals surface area contributed by atoms with E-state index in [0.29, 0.717) is 44.8 Å². The first-order valence-corrected chi connectivity index (χ1v) is 8.53. The number of piperazine rings is 1. The Kier molecular flexibility index (Phi) is 7.08. The highest BCUT2D eigenvalue weighted by Crippen LogP contribution is 2.15. The second-order valence-corrected chi connectivity index (χ2v) is 6.78. The molecule has 1 unspecified atom stereocenters. The van der Waals surface area contributed by atoms with Gasteiger partial charge in [0.15, 0.2) is 0 Å². The molecule has 2 aliphatic rings. The first-order chi connectivity index (χ1) is 10.6. The molecule has 0 aromatic rings. The third-order valence-electron chi connectivity index (χ3n) is 4.47. The van der Waals surface area contributed by atoms with Gasteiger partial charge < -0.3 is 14.7 Å². The van der Waals surface area contributed by atoms with Crippen molar-refractivity contribution in [3.8, 4) is 0 Å². The second kappa shape index (κ2) is 8.82. The van der Waals surface area contributed by atoms with Crippen molar-refractivity contribution in [2.75, 3.05) is 65.6 Å². The number of rotatable bonds is 6. The van der Waals surface area contributed by atoms with Crippen LogP contribution in [0.1, 0.15) is 20.3 Å². The minimum Gasteiger partial charge on any atom is -0.396 e. The lowest BCUT2D eigenvalue weighted by Crippen LogP contribution is -2.56. The quantitative estimate of drug-likeness (QED) is 0.740. The van der Waals surface area contributed by atoms with Crippen LogP contribution in [0.2, 0.25) is 0 Å². The van der Waals surface area contributed by atoms with Crippen molar-refractivity contribution < 1.29 is 14.6 Å². The molecule has 1 N–H and O–H groups in total. The van der Waals surface area contributed by atoms with Crippen LogP contribution in [0, 0.1) is 5.92 Å². The van der Waals surface area contributed by atoms with E-state index in [1.807, 2.05) is 4.90 Å². The van der Waals surface area contributed by atoms with Gasteiger partial charge in [0.1, 0.15) is 0 Å². The Labute approximate surface area is 134 Å². The van der Waals surface area contributed by atoms with E-state index in [2.05, 4.69) is 23.6 Å². The molecule has 0 spiro atoms. The largest absolute Gasteiger partial charge is 0.396 e. The first-order valence-electron chi connectivity index (χ1n) is 8.53. The van der Waals surface area contributed by atoms with E-state index in [4.69, 9.17) is 4.74 Å². The Morgan fingerprint density at radius 3 is 2.59 bits per heavy atom. The number of carbonyl (C=O) groups is 1. The predicted molar refractivity (Wildman–Crippen MR) is 85.7 cm³/mol. The summed E-state index contributed by atoms with van der Waals surface area (Å²) in [6, 6.07) is 0.360. The normalized spacial score (nSPS) is 24.9. The molecular formula is C16H31N3O3. The number of carbonyl (C=O) groups excluding carboxylic acids is 1. The topological polar surface area (TPSA) is 56.2 Å². The van der Waals surface area contributed by atoms with Gasteiger partial charge in [-0.25, -0.2) is 0 Å². The van der Waals surface area contributed by atoms with E-state index in [-0.39, 0.29) is 12.5 Å². The van der Waals surface area contributed by atoms with Crippen molar-refractivity contribution in [1.82, 2.24) is 14.7 Å². The van der Waals surface area contributed by atoms with E-state index in [0.717, 1.165) is 32.6 Å². The van der Waals surface area contributed by atoms with Gasteiger partial charge in [0.25, 0.3) is 0 Å². The lowest BCUT2D eigenvalue weighted by atomic mass is 10.1. The van der Waals surface area contributed by atoms with Gasteiger partial charge in [-0.05, 0) is 12.3 Å². The Bertz CT molecular complexity index is 346. The van der Waals surface area contributed by atoms with Gasteiger partial charge in [0.05, 0.1) is 19.8 Å². The smallest absolute Gasteiger partial charge is 0.236 e. The molecule has 6 heteroatoms. The maximum Gasteiger partial charge on any atom is 0.236 e. The van der Waals surface area contributed by atoms with Gasteiger partial charge in [-0.2, -0.15) is 0 Å². The summed E-state index contributed by atoms with van der Waals surface area (Å²) >= 11 is 0. The molecule has 2 heterocycles. The number of amides is 1. The molecule has 128 valence electrons. The summed E-state index contributed by atoms with van der Waals surface area (Å²) in [6.45, 7) is 11.8. The van der Waals surface area contributed by atoms with Crippen LogP contribution in [0.3, 0.4) is 0 Å². The highest BCUT2D eigenvalue weighted by atomic mass is 16.5. The van der Waals surface area contributed by atoms with Crippen molar-refractivity contribution in [2.45, 2.75) is 26.3 Å². The molecule has 2 saturated heterocycles. The summed E-state index contributed by atoms with van der Waals surface area (Å²) in [5.41, 5.74) is 0. The molecule has 0 aromatic heterocycles. The lowest BCUT2D eigenvalue weighted by molar-refractivity contribution is -0.137. The van der Waals surface area contributed by atoms with Gasteiger partial charge in [-0.3, -0.25) is 14.6 Å². The first kappa shape index (κ1) is 17.7. The Balaban J connectivity index is 1.83. The monoisotopic (exact) mass is 313 g/mol. The zero-order chi connectivity index (χ0) is 15.9. The minimum absolute atomic E-state index is 0.211. The van der Waals surface area contributed by atoms with Crippen LogP contribution >= 0.6 is 0 Å². The third-order valence-corrected chi connectivity index (χ3v) is 4.47. The van der Waals surface area contributed by atoms with Crippen molar-refractivity contribution in [3.05, 3.63) is 0 Å². The van der Waals surface area contributed by atoms with Gasteiger partial charge in [0.2, 0.25) is 5.91 Å². The molecule has 6 nitrogen and oxygen atoms in total. The molecule has 0 radical (unpaired) electrons. The Hall–Kier alpha value is -0.690. The summed E-state index contributed by atoms with van der Waals surface area (Å²) in [5.74, 6) is 0.839. The molecule has 2 rings (SSSR count). The highest BCUT2D eigenvalue weighted by Gasteiger charge is 2.29. The summed E-state index contributed by atoms with van der Waals surface area (Å²) in [4.78, 5) is 19.0. The molecule has 1 atom stereocenters. The highest BCUT2D eigenvalue weighted by molar-refractivity contribution is 5.78. The number of nitrogens with zero attached hydrogens (tertiary/aromatic N) is 3. The van der Waals surface area contributed by atoms with Crippen molar-refractivity contribution in [3.63, 3.8) is 0 Å². The van der Waals surface area contributed by atoms with Crippen LogP contribution in [0.15, 0.2) is 0 Å². The van der Waals surface area contributed by atoms with E-state index >= 15 is 0 Å². The third kappa shape index (κ3) is 5.19. The van der Waals surface area contributed by atoms with Crippen molar-refractivity contribution in [1.29, 1.82) is 0 Å². The fraction of sp³-hybridized carbons (Fsp3) is 0.938. The molecule has 2 aliphatic heterocycles. The average Bonchev–Trinajstić information content (AvgIpc) is 2.50. The van der Waals surface area contributed by atoms with Crippen molar-refractivity contribution >= 4 is 5.91 Å². The zero-order valence-electron chi connectivity index (χ0n) is 14.0. The summed E-state index contributed by atoms with van der Waals surface area (Å²) in [5, 5.41) is 9.31. The molecule has 22 heavy (non-hydrogen) atoms. The fourth-order valence-corrected chi connectivity index (χ4v) is 3.34. The van der Waals surface area contributed by atoms with Crippen LogP contribution in [-0.2, 0) is 9.53 Å². The maximum atomic E-state index is 12.4. The SMILES string of the molecule is CC(C)CN1CCN(CC(=O)N2CCOCC2)CC1CCO. The standard InChI is InChI=1S/C16H31N3O3/c1-14(2)11-19-5-4-17(12-15(19)3-8-20)13-16(21)18-6-9-22-10-7-18/h14-15,20H,3-13H2,1-2H3. The summed E-state index contributed by atoms with van der Waals surface area (Å²) in [6.07, 6.45) is 0.787. The zero-order valence-corrected chi connectivity index (χ0v) is 14.0. The van der Waals surface area contributed by atoms with E-state index in [1.165, 1.54) is 0 Å². The number of morpholine rings is 1. The molecule has 0 aliphatic carbocycles. The van der Waals surface area contributed by atoms with Gasteiger partial charge in [0, 0.05) is 51.9 Å². The van der Waals surface area contributed by atoms with Gasteiger partial charge >= 0.3 is 0 Å². The van der Waals surface area contributed by atoms with E-state index in [1.54, 1.807) is 0 Å². The molecule has 0 bridgehead atoms. The predicted octanol–water partition coefficient (Wildman–Crippen LogP) is -0.130. The summed E-state index contributed by atoms with van der Waals surface area (Å²) < 4.78 is 5.30. The Morgan fingerprint density at radius 1 is 1.23 bits per heavy atom. The van der Waals surface area contributed by atoms with Crippen LogP contribution in [0.5, 0.6) is 0 Å². The molecule has 0 aromatic carbocycles. The molecular weight excluding hydrogens is 282 g/mol. The molecule has 1 amide bonds. The van der Waals surface area contributed by atoms with E-state index < -0.39 is 0 Å². The average molecular weight is 313 g/mol. The minimum atomic E-state index is 0.211. The van der Waals surface area contributed by atoms with Crippen LogP contribution in [0.25, 0.3) is 0 Å². The van der Waals surface area contributed by atoms with Gasteiger partial charge in [-0.1, -0.05) is 13.8 Å². The van der Waals surface area contributed by atoms with Crippen LogP contribution in [-0.4, -0.2) is 97.4 Å². The van der Waals surface area contributed by atoms with Crippen molar-refractivity contribution in [2.24, 2.45) is 5.92 Å². The number of hydrogen-bond acceptors (Lipinski definition) is 5. The number of aliphatic hydroxyl groups is 1. The Morgan fingerprint density at radius 2 is 1.95 bits per heavy atom. The summed E-state index contributed by atoms with van der Waals surface area (Å²) in [7, 11) is 0.